The summed E-state index contributed by atoms with van der Waals surface area (Å²) < 4.78 is 37.4. The van der Waals surface area contributed by atoms with Crippen molar-refractivity contribution in [3.05, 3.63) is 24.4 Å². The number of carbonyl (C=O) groups is 1. The van der Waals surface area contributed by atoms with Crippen LogP contribution in [0, 0.1) is 5.92 Å². The van der Waals surface area contributed by atoms with Crippen molar-refractivity contribution < 1.29 is 22.5 Å². The van der Waals surface area contributed by atoms with Gasteiger partial charge in [0.15, 0.2) is 5.76 Å². The van der Waals surface area contributed by atoms with E-state index in [2.05, 4.69) is 5.16 Å². The number of carbonyl (C=O) groups excluding carboxylic acids is 1. The van der Waals surface area contributed by atoms with Gasteiger partial charge in [0.25, 0.3) is 10.0 Å². The zero-order valence-electron chi connectivity index (χ0n) is 13.2. The SMILES string of the molecule is CCOC(=O)[C@@H]1CCCN(S(=O)(=O)c2ccc(-c3ccno3)s2)C1. The molecule has 0 aliphatic carbocycles. The van der Waals surface area contributed by atoms with Crippen LogP contribution in [0.1, 0.15) is 19.8 Å². The lowest BCUT2D eigenvalue weighted by Gasteiger charge is -2.30. The highest BCUT2D eigenvalue weighted by Gasteiger charge is 2.34. The van der Waals surface area contributed by atoms with Crippen molar-refractivity contribution in [3.63, 3.8) is 0 Å². The molecule has 1 atom stereocenters. The van der Waals surface area contributed by atoms with Gasteiger partial charge in [-0.05, 0) is 31.9 Å². The van der Waals surface area contributed by atoms with E-state index in [9.17, 15) is 13.2 Å². The molecule has 0 amide bonds. The molecule has 1 aliphatic heterocycles. The Kier molecular flexibility index (Phi) is 5.02. The normalized spacial score (nSPS) is 19.3. The Bertz CT molecular complexity index is 798. The number of aromatic nitrogens is 1. The number of nitrogens with zero attached hydrogens (tertiary/aromatic N) is 2. The predicted molar refractivity (Wildman–Crippen MR) is 87.9 cm³/mol. The van der Waals surface area contributed by atoms with E-state index in [1.165, 1.54) is 10.5 Å². The van der Waals surface area contributed by atoms with Crippen LogP contribution in [-0.2, 0) is 19.6 Å². The molecule has 9 heteroatoms. The maximum absolute atomic E-state index is 12.8. The molecule has 24 heavy (non-hydrogen) atoms. The van der Waals surface area contributed by atoms with E-state index in [1.807, 2.05) is 0 Å². The molecule has 1 saturated heterocycles. The number of hydrogen-bond donors (Lipinski definition) is 0. The molecule has 1 fully saturated rings. The highest BCUT2D eigenvalue weighted by atomic mass is 32.2. The Hall–Kier alpha value is -1.71. The van der Waals surface area contributed by atoms with E-state index in [1.54, 1.807) is 25.1 Å². The largest absolute Gasteiger partial charge is 0.466 e. The summed E-state index contributed by atoms with van der Waals surface area (Å²) in [5.41, 5.74) is 0. The van der Waals surface area contributed by atoms with Gasteiger partial charge in [-0.15, -0.1) is 11.3 Å². The van der Waals surface area contributed by atoms with E-state index in [0.717, 1.165) is 11.3 Å². The fraction of sp³-hybridized carbons (Fsp3) is 0.467. The summed E-state index contributed by atoms with van der Waals surface area (Å²) in [7, 11) is -3.63. The van der Waals surface area contributed by atoms with E-state index in [4.69, 9.17) is 9.26 Å². The number of hydrogen-bond acceptors (Lipinski definition) is 7. The van der Waals surface area contributed by atoms with Gasteiger partial charge in [0.2, 0.25) is 0 Å². The van der Waals surface area contributed by atoms with Crippen LogP contribution in [-0.4, -0.2) is 43.5 Å². The van der Waals surface area contributed by atoms with Crippen LogP contribution in [0.5, 0.6) is 0 Å². The quantitative estimate of drug-likeness (QED) is 0.751. The molecule has 0 spiro atoms. The first-order chi connectivity index (χ1) is 11.5. The summed E-state index contributed by atoms with van der Waals surface area (Å²) in [6.07, 6.45) is 2.81. The molecule has 0 N–H and O–H groups in total. The molecule has 2 aromatic rings. The number of rotatable bonds is 5. The molecule has 0 unspecified atom stereocenters. The molecule has 0 saturated carbocycles. The molecule has 0 aromatic carbocycles. The lowest BCUT2D eigenvalue weighted by atomic mass is 10.0. The van der Waals surface area contributed by atoms with E-state index < -0.39 is 15.9 Å². The summed E-state index contributed by atoms with van der Waals surface area (Å²) in [5.74, 6) is -0.197. The first-order valence-electron chi connectivity index (χ1n) is 7.70. The topological polar surface area (TPSA) is 89.7 Å². The minimum absolute atomic E-state index is 0.163. The summed E-state index contributed by atoms with van der Waals surface area (Å²) in [6.45, 7) is 2.62. The fourth-order valence-corrected chi connectivity index (χ4v) is 5.62. The summed E-state index contributed by atoms with van der Waals surface area (Å²) >= 11 is 1.13. The van der Waals surface area contributed by atoms with Gasteiger partial charge in [-0.1, -0.05) is 5.16 Å². The van der Waals surface area contributed by atoms with Gasteiger partial charge < -0.3 is 9.26 Å². The van der Waals surface area contributed by atoms with Crippen LogP contribution in [0.25, 0.3) is 10.6 Å². The van der Waals surface area contributed by atoms with E-state index >= 15 is 0 Å². The maximum atomic E-state index is 12.8. The zero-order chi connectivity index (χ0) is 17.2. The van der Waals surface area contributed by atoms with E-state index in [0.29, 0.717) is 36.6 Å². The Morgan fingerprint density at radius 2 is 2.29 bits per heavy atom. The second-order valence-corrected chi connectivity index (χ2v) is 8.70. The molecule has 0 bridgehead atoms. The van der Waals surface area contributed by atoms with Crippen molar-refractivity contribution in [1.29, 1.82) is 0 Å². The average molecular weight is 370 g/mol. The first-order valence-corrected chi connectivity index (χ1v) is 9.95. The molecule has 130 valence electrons. The van der Waals surface area contributed by atoms with Gasteiger partial charge >= 0.3 is 5.97 Å². The van der Waals surface area contributed by atoms with Crippen LogP contribution in [0.4, 0.5) is 0 Å². The van der Waals surface area contributed by atoms with Gasteiger partial charge in [0.05, 0.1) is 23.6 Å². The second kappa shape index (κ2) is 7.04. The summed E-state index contributed by atoms with van der Waals surface area (Å²) in [4.78, 5) is 12.6. The smallest absolute Gasteiger partial charge is 0.310 e. The monoisotopic (exact) mass is 370 g/mol. The second-order valence-electron chi connectivity index (χ2n) is 5.45. The maximum Gasteiger partial charge on any atom is 0.310 e. The van der Waals surface area contributed by atoms with Crippen LogP contribution < -0.4 is 0 Å². The van der Waals surface area contributed by atoms with Crippen LogP contribution in [0.3, 0.4) is 0 Å². The Balaban J connectivity index is 1.79. The lowest BCUT2D eigenvalue weighted by molar-refractivity contribution is -0.149. The Morgan fingerprint density at radius 1 is 1.46 bits per heavy atom. The number of esters is 1. The van der Waals surface area contributed by atoms with Crippen molar-refractivity contribution in [2.24, 2.45) is 5.92 Å². The minimum Gasteiger partial charge on any atom is -0.466 e. The zero-order valence-corrected chi connectivity index (χ0v) is 14.8. The van der Waals surface area contributed by atoms with Gasteiger partial charge in [0.1, 0.15) is 4.21 Å². The number of thiophene rings is 1. The highest BCUT2D eigenvalue weighted by Crippen LogP contribution is 2.33. The molecule has 2 aromatic heterocycles. The third-order valence-electron chi connectivity index (χ3n) is 3.86. The summed E-state index contributed by atoms with van der Waals surface area (Å²) in [5, 5.41) is 3.63. The standard InChI is InChI=1S/C15H18N2O5S2/c1-2-21-15(18)11-4-3-9-17(10-11)24(19,20)14-6-5-13(23-14)12-7-8-16-22-12/h5-8,11H,2-4,9-10H2,1H3/t11-/m1/s1. The van der Waals surface area contributed by atoms with Gasteiger partial charge in [-0.25, -0.2) is 8.42 Å². The molecule has 3 rings (SSSR count). The van der Waals surface area contributed by atoms with Gasteiger partial charge in [-0.3, -0.25) is 4.79 Å². The van der Waals surface area contributed by atoms with Crippen LogP contribution in [0.15, 0.2) is 33.1 Å². The fourth-order valence-electron chi connectivity index (χ4n) is 2.67. The average Bonchev–Trinajstić information content (AvgIpc) is 3.26. The molecular weight excluding hydrogens is 352 g/mol. The molecular formula is C15H18N2O5S2. The van der Waals surface area contributed by atoms with Crippen LogP contribution in [0.2, 0.25) is 0 Å². The van der Waals surface area contributed by atoms with E-state index in [-0.39, 0.29) is 16.7 Å². The van der Waals surface area contributed by atoms with Crippen molar-refractivity contribution in [2.75, 3.05) is 19.7 Å². The number of piperidine rings is 1. The Labute approximate surface area is 144 Å². The van der Waals surface area contributed by atoms with Gasteiger partial charge in [0, 0.05) is 19.2 Å². The molecule has 1 aliphatic rings. The predicted octanol–water partition coefficient (Wildman–Crippen LogP) is 2.37. The third-order valence-corrected chi connectivity index (χ3v) is 7.29. The molecule has 3 heterocycles. The highest BCUT2D eigenvalue weighted by molar-refractivity contribution is 7.91. The third kappa shape index (κ3) is 3.38. The Morgan fingerprint density at radius 3 is 3.00 bits per heavy atom. The molecule has 0 radical (unpaired) electrons. The summed E-state index contributed by atoms with van der Waals surface area (Å²) in [6, 6.07) is 4.94. The number of sulfonamides is 1. The van der Waals surface area contributed by atoms with Gasteiger partial charge in [-0.2, -0.15) is 4.31 Å². The van der Waals surface area contributed by atoms with Crippen molar-refractivity contribution in [1.82, 2.24) is 9.46 Å². The minimum atomic E-state index is -3.63. The van der Waals surface area contributed by atoms with Crippen molar-refractivity contribution in [2.45, 2.75) is 24.0 Å². The van der Waals surface area contributed by atoms with Crippen molar-refractivity contribution >= 4 is 27.3 Å². The number of ether oxygens (including phenoxy) is 1. The lowest BCUT2D eigenvalue weighted by Crippen LogP contribution is -2.42. The first kappa shape index (κ1) is 17.1. The molecule has 7 nitrogen and oxygen atoms in total. The van der Waals surface area contributed by atoms with Crippen molar-refractivity contribution in [3.8, 4) is 10.6 Å². The van der Waals surface area contributed by atoms with Crippen LogP contribution >= 0.6 is 11.3 Å².